The maximum absolute atomic E-state index is 12.2. The summed E-state index contributed by atoms with van der Waals surface area (Å²) in [5.41, 5.74) is 2.81. The Kier molecular flexibility index (Phi) is 6.77. The van der Waals surface area contributed by atoms with Gasteiger partial charge in [-0.1, -0.05) is 65.3 Å². The third kappa shape index (κ3) is 5.72. The van der Waals surface area contributed by atoms with Crippen molar-refractivity contribution in [2.75, 3.05) is 6.61 Å². The van der Waals surface area contributed by atoms with Gasteiger partial charge in [0.15, 0.2) is 13.2 Å². The smallest absolute Gasteiger partial charge is 0.264 e. The summed E-state index contributed by atoms with van der Waals surface area (Å²) < 4.78 is 16.7. The fourth-order valence-electron chi connectivity index (χ4n) is 2.97. The first-order valence-electron chi connectivity index (χ1n) is 10.2. The molecule has 0 fully saturated rings. The molecule has 7 nitrogen and oxygen atoms in total. The number of amides is 1. The number of nitrogens with one attached hydrogen (secondary N) is 1. The molecular formula is C25H23N3O4. The van der Waals surface area contributed by atoms with Crippen molar-refractivity contribution in [3.63, 3.8) is 0 Å². The Labute approximate surface area is 186 Å². The van der Waals surface area contributed by atoms with Crippen LogP contribution in [0.2, 0.25) is 0 Å². The number of hydrogen-bond acceptors (Lipinski definition) is 6. The molecule has 0 aliphatic rings. The predicted octanol–water partition coefficient (Wildman–Crippen LogP) is 4.32. The van der Waals surface area contributed by atoms with Crippen LogP contribution in [0, 0.1) is 6.92 Å². The number of aryl methyl sites for hydroxylation is 1. The maximum atomic E-state index is 12.2. The number of para-hydroxylation sites is 1. The number of benzene rings is 3. The van der Waals surface area contributed by atoms with Crippen LogP contribution in [0.5, 0.6) is 11.5 Å². The summed E-state index contributed by atoms with van der Waals surface area (Å²) in [6, 6.07) is 24.7. The summed E-state index contributed by atoms with van der Waals surface area (Å²) in [6.07, 6.45) is 0. The zero-order chi connectivity index (χ0) is 22.2. The monoisotopic (exact) mass is 429 g/mol. The molecule has 0 unspecified atom stereocenters. The molecule has 0 radical (unpaired) electrons. The molecule has 0 spiro atoms. The lowest BCUT2D eigenvalue weighted by Crippen LogP contribution is -2.28. The topological polar surface area (TPSA) is 86.5 Å². The van der Waals surface area contributed by atoms with Gasteiger partial charge in [-0.05, 0) is 36.8 Å². The molecule has 32 heavy (non-hydrogen) atoms. The van der Waals surface area contributed by atoms with Crippen molar-refractivity contribution < 1.29 is 18.8 Å². The molecule has 4 rings (SSSR count). The molecule has 3 aromatic carbocycles. The molecule has 0 saturated carbocycles. The number of hydrogen-bond donors (Lipinski definition) is 1. The number of nitrogens with zero attached hydrogens (tertiary/aromatic N) is 2. The van der Waals surface area contributed by atoms with Crippen molar-refractivity contribution in [1.82, 2.24) is 15.5 Å². The second kappa shape index (κ2) is 10.3. The zero-order valence-corrected chi connectivity index (χ0v) is 17.7. The quantitative estimate of drug-likeness (QED) is 0.426. The van der Waals surface area contributed by atoms with E-state index in [1.165, 1.54) is 0 Å². The van der Waals surface area contributed by atoms with Crippen molar-refractivity contribution in [3.05, 3.63) is 95.9 Å². The summed E-state index contributed by atoms with van der Waals surface area (Å²) in [7, 11) is 0. The van der Waals surface area contributed by atoms with Gasteiger partial charge >= 0.3 is 0 Å². The van der Waals surface area contributed by atoms with Crippen LogP contribution in [0.15, 0.2) is 83.4 Å². The van der Waals surface area contributed by atoms with Crippen molar-refractivity contribution in [3.8, 4) is 22.9 Å². The fourth-order valence-corrected chi connectivity index (χ4v) is 2.97. The van der Waals surface area contributed by atoms with Gasteiger partial charge in [-0.3, -0.25) is 4.79 Å². The SMILES string of the molecule is Cc1ccc(OCc2nc(-c3ccccc3OCC(=O)NCc3ccccc3)no2)cc1. The van der Waals surface area contributed by atoms with Gasteiger partial charge < -0.3 is 19.3 Å². The third-order valence-corrected chi connectivity index (χ3v) is 4.67. The predicted molar refractivity (Wildman–Crippen MR) is 119 cm³/mol. The average Bonchev–Trinajstić information content (AvgIpc) is 3.31. The minimum Gasteiger partial charge on any atom is -0.484 e. The molecule has 1 N–H and O–H groups in total. The number of ether oxygens (including phenoxy) is 2. The van der Waals surface area contributed by atoms with Crippen LogP contribution in [0.1, 0.15) is 17.0 Å². The van der Waals surface area contributed by atoms with Crippen molar-refractivity contribution >= 4 is 5.91 Å². The Hall–Kier alpha value is -4.13. The molecule has 7 heteroatoms. The molecule has 0 saturated heterocycles. The molecular weight excluding hydrogens is 406 g/mol. The average molecular weight is 429 g/mol. The number of rotatable bonds is 9. The van der Waals surface area contributed by atoms with Crippen LogP contribution in [-0.4, -0.2) is 22.7 Å². The Balaban J connectivity index is 1.34. The zero-order valence-electron chi connectivity index (χ0n) is 17.7. The van der Waals surface area contributed by atoms with Gasteiger partial charge in [0.05, 0.1) is 5.56 Å². The number of carbonyl (C=O) groups excluding carboxylic acids is 1. The largest absolute Gasteiger partial charge is 0.484 e. The number of carbonyl (C=O) groups is 1. The highest BCUT2D eigenvalue weighted by atomic mass is 16.5. The van der Waals surface area contributed by atoms with Crippen LogP contribution < -0.4 is 14.8 Å². The van der Waals surface area contributed by atoms with Gasteiger partial charge in [0.25, 0.3) is 11.8 Å². The van der Waals surface area contributed by atoms with Crippen molar-refractivity contribution in [1.29, 1.82) is 0 Å². The van der Waals surface area contributed by atoms with Gasteiger partial charge in [-0.15, -0.1) is 0 Å². The standard InChI is InChI=1S/C25H23N3O4/c1-18-11-13-20(14-12-18)30-17-24-27-25(28-32-24)21-9-5-6-10-22(21)31-16-23(29)26-15-19-7-3-2-4-8-19/h2-14H,15-17H2,1H3,(H,26,29). The van der Waals surface area contributed by atoms with Gasteiger partial charge in [-0.2, -0.15) is 4.98 Å². The van der Waals surface area contributed by atoms with Gasteiger partial charge in [0, 0.05) is 6.54 Å². The van der Waals surface area contributed by atoms with E-state index in [1.807, 2.05) is 79.7 Å². The van der Waals surface area contributed by atoms with Gasteiger partial charge in [-0.25, -0.2) is 0 Å². The molecule has 1 amide bonds. The first-order valence-corrected chi connectivity index (χ1v) is 10.2. The van der Waals surface area contributed by atoms with E-state index in [-0.39, 0.29) is 19.1 Å². The summed E-state index contributed by atoms with van der Waals surface area (Å²) in [4.78, 5) is 16.6. The Morgan fingerprint density at radius 1 is 0.938 bits per heavy atom. The summed E-state index contributed by atoms with van der Waals surface area (Å²) in [6.45, 7) is 2.49. The van der Waals surface area contributed by atoms with Crippen LogP contribution in [0.3, 0.4) is 0 Å². The van der Waals surface area contributed by atoms with Crippen LogP contribution in [0.25, 0.3) is 11.4 Å². The first kappa shape index (κ1) is 21.1. The Bertz CT molecular complexity index is 1160. The maximum Gasteiger partial charge on any atom is 0.264 e. The van der Waals surface area contributed by atoms with E-state index < -0.39 is 0 Å². The lowest BCUT2D eigenvalue weighted by Gasteiger charge is -2.10. The highest BCUT2D eigenvalue weighted by Crippen LogP contribution is 2.27. The third-order valence-electron chi connectivity index (χ3n) is 4.67. The fraction of sp³-hybridized carbons (Fsp3) is 0.160. The molecule has 0 aliphatic carbocycles. The van der Waals surface area contributed by atoms with E-state index >= 15 is 0 Å². The lowest BCUT2D eigenvalue weighted by molar-refractivity contribution is -0.123. The first-order chi connectivity index (χ1) is 15.7. The summed E-state index contributed by atoms with van der Waals surface area (Å²) in [5.74, 6) is 1.71. The van der Waals surface area contributed by atoms with Crippen LogP contribution in [0.4, 0.5) is 0 Å². The number of aromatic nitrogens is 2. The van der Waals surface area contributed by atoms with E-state index in [4.69, 9.17) is 14.0 Å². The lowest BCUT2D eigenvalue weighted by atomic mass is 10.2. The second-order valence-corrected chi connectivity index (χ2v) is 7.16. The van der Waals surface area contributed by atoms with Crippen molar-refractivity contribution in [2.24, 2.45) is 0 Å². The normalized spacial score (nSPS) is 10.5. The molecule has 1 heterocycles. The molecule has 162 valence electrons. The minimum atomic E-state index is -0.219. The van der Waals surface area contributed by atoms with E-state index in [1.54, 1.807) is 6.07 Å². The van der Waals surface area contributed by atoms with E-state index in [0.717, 1.165) is 16.9 Å². The van der Waals surface area contributed by atoms with Gasteiger partial charge in [0.1, 0.15) is 11.5 Å². The van der Waals surface area contributed by atoms with E-state index in [9.17, 15) is 4.79 Å². The minimum absolute atomic E-state index is 0.120. The molecule has 0 bridgehead atoms. The van der Waals surface area contributed by atoms with Crippen LogP contribution in [-0.2, 0) is 17.9 Å². The highest BCUT2D eigenvalue weighted by molar-refractivity contribution is 5.78. The molecule has 0 atom stereocenters. The van der Waals surface area contributed by atoms with E-state index in [2.05, 4.69) is 15.5 Å². The van der Waals surface area contributed by atoms with Gasteiger partial charge in [0.2, 0.25) is 5.82 Å². The highest BCUT2D eigenvalue weighted by Gasteiger charge is 2.15. The second-order valence-electron chi connectivity index (χ2n) is 7.16. The van der Waals surface area contributed by atoms with E-state index in [0.29, 0.717) is 29.6 Å². The molecule has 0 aliphatic heterocycles. The summed E-state index contributed by atoms with van der Waals surface area (Å²) >= 11 is 0. The summed E-state index contributed by atoms with van der Waals surface area (Å²) in [5, 5.41) is 6.87. The van der Waals surface area contributed by atoms with Crippen LogP contribution >= 0.6 is 0 Å². The van der Waals surface area contributed by atoms with Crippen molar-refractivity contribution in [2.45, 2.75) is 20.1 Å². The Morgan fingerprint density at radius 2 is 1.69 bits per heavy atom. The molecule has 1 aromatic heterocycles. The Morgan fingerprint density at radius 3 is 2.50 bits per heavy atom. The molecule has 4 aromatic rings.